The molecule has 0 aromatic heterocycles. The minimum atomic E-state index is -0.969. The Balaban J connectivity index is 1.82. The first-order chi connectivity index (χ1) is 10.5. The van der Waals surface area contributed by atoms with E-state index in [1.807, 2.05) is 13.0 Å². The minimum absolute atomic E-state index is 0.304. The van der Waals surface area contributed by atoms with Gasteiger partial charge in [-0.05, 0) is 37.5 Å². The van der Waals surface area contributed by atoms with Crippen LogP contribution in [-0.2, 0) is 14.3 Å². The molecular formula is C16H19NO5. The van der Waals surface area contributed by atoms with Crippen LogP contribution in [0.2, 0.25) is 0 Å². The van der Waals surface area contributed by atoms with Crippen LogP contribution in [0.1, 0.15) is 18.4 Å². The van der Waals surface area contributed by atoms with E-state index in [1.165, 1.54) is 7.11 Å². The molecule has 0 spiro atoms. The Bertz CT molecular complexity index is 615. The topological polar surface area (TPSA) is 84.9 Å². The van der Waals surface area contributed by atoms with E-state index in [0.717, 1.165) is 12.0 Å². The van der Waals surface area contributed by atoms with Gasteiger partial charge < -0.3 is 19.9 Å². The molecule has 0 aliphatic carbocycles. The molecule has 2 fully saturated rings. The van der Waals surface area contributed by atoms with Gasteiger partial charge in [0.2, 0.25) is 5.91 Å². The third-order valence-electron chi connectivity index (χ3n) is 4.47. The molecule has 2 bridgehead atoms. The van der Waals surface area contributed by atoms with Crippen molar-refractivity contribution in [2.75, 3.05) is 12.4 Å². The molecule has 6 nitrogen and oxygen atoms in total. The van der Waals surface area contributed by atoms with E-state index >= 15 is 0 Å². The molecule has 0 saturated carbocycles. The van der Waals surface area contributed by atoms with E-state index in [-0.39, 0.29) is 18.1 Å². The number of aliphatic carboxylic acids is 1. The maximum absolute atomic E-state index is 12.6. The van der Waals surface area contributed by atoms with Gasteiger partial charge in [-0.15, -0.1) is 0 Å². The molecule has 2 heterocycles. The Morgan fingerprint density at radius 3 is 2.59 bits per heavy atom. The summed E-state index contributed by atoms with van der Waals surface area (Å²) in [7, 11) is 1.53. The number of carboxylic acid groups (broad SMARTS) is 1. The molecule has 6 heteroatoms. The highest BCUT2D eigenvalue weighted by molar-refractivity contribution is 5.97. The zero-order valence-electron chi connectivity index (χ0n) is 12.5. The Kier molecular flexibility index (Phi) is 3.78. The minimum Gasteiger partial charge on any atom is -0.495 e. The van der Waals surface area contributed by atoms with Crippen molar-refractivity contribution in [3.05, 3.63) is 23.8 Å². The van der Waals surface area contributed by atoms with Crippen LogP contribution >= 0.6 is 0 Å². The quantitative estimate of drug-likeness (QED) is 0.886. The molecule has 2 N–H and O–H groups in total. The van der Waals surface area contributed by atoms with Crippen molar-refractivity contribution in [2.45, 2.75) is 32.0 Å². The standard InChI is InChI=1S/C16H19NO5/c1-8-3-4-10(21-2)9(7-8)17-15(18)13-11-5-6-12(22-11)14(13)16(19)20/h3-4,7,11-14H,5-6H2,1-2H3,(H,17,18)(H,19,20)/t11-,12-,13+,14-/m1/s1. The summed E-state index contributed by atoms with van der Waals surface area (Å²) in [6.07, 6.45) is 0.788. The van der Waals surface area contributed by atoms with E-state index in [1.54, 1.807) is 12.1 Å². The van der Waals surface area contributed by atoms with Crippen LogP contribution in [0.3, 0.4) is 0 Å². The lowest BCUT2D eigenvalue weighted by Gasteiger charge is -2.24. The summed E-state index contributed by atoms with van der Waals surface area (Å²) in [6.45, 7) is 1.91. The first-order valence-electron chi connectivity index (χ1n) is 7.35. The monoisotopic (exact) mass is 305 g/mol. The summed E-state index contributed by atoms with van der Waals surface area (Å²) >= 11 is 0. The highest BCUT2D eigenvalue weighted by Gasteiger charge is 2.55. The fourth-order valence-electron chi connectivity index (χ4n) is 3.46. The predicted molar refractivity (Wildman–Crippen MR) is 78.9 cm³/mol. The maximum Gasteiger partial charge on any atom is 0.310 e. The highest BCUT2D eigenvalue weighted by atomic mass is 16.5. The number of carboxylic acids is 1. The van der Waals surface area contributed by atoms with Crippen LogP contribution < -0.4 is 10.1 Å². The van der Waals surface area contributed by atoms with E-state index in [9.17, 15) is 14.7 Å². The van der Waals surface area contributed by atoms with Gasteiger partial charge in [0, 0.05) is 0 Å². The van der Waals surface area contributed by atoms with Crippen molar-refractivity contribution in [3.63, 3.8) is 0 Å². The molecule has 4 atom stereocenters. The molecule has 118 valence electrons. The molecule has 1 aromatic rings. The van der Waals surface area contributed by atoms with E-state index in [2.05, 4.69) is 5.32 Å². The normalized spacial score (nSPS) is 29.4. The Morgan fingerprint density at radius 1 is 1.27 bits per heavy atom. The van der Waals surface area contributed by atoms with E-state index in [0.29, 0.717) is 17.9 Å². The van der Waals surface area contributed by atoms with E-state index in [4.69, 9.17) is 9.47 Å². The number of nitrogens with one attached hydrogen (secondary N) is 1. The first-order valence-corrected chi connectivity index (χ1v) is 7.35. The highest BCUT2D eigenvalue weighted by Crippen LogP contribution is 2.44. The zero-order chi connectivity index (χ0) is 15.9. The number of aryl methyl sites for hydroxylation is 1. The van der Waals surface area contributed by atoms with Crippen LogP contribution in [0, 0.1) is 18.8 Å². The van der Waals surface area contributed by atoms with Crippen LogP contribution in [-0.4, -0.2) is 36.3 Å². The van der Waals surface area contributed by atoms with Crippen molar-refractivity contribution in [1.29, 1.82) is 0 Å². The van der Waals surface area contributed by atoms with Crippen LogP contribution in [0.15, 0.2) is 18.2 Å². The third-order valence-corrected chi connectivity index (χ3v) is 4.47. The Labute approximate surface area is 128 Å². The second kappa shape index (κ2) is 5.61. The second-order valence-electron chi connectivity index (χ2n) is 5.87. The molecule has 3 rings (SSSR count). The summed E-state index contributed by atoms with van der Waals surface area (Å²) in [6, 6.07) is 5.46. The molecule has 0 unspecified atom stereocenters. The number of carbonyl (C=O) groups excluding carboxylic acids is 1. The number of rotatable bonds is 4. The summed E-state index contributed by atoms with van der Waals surface area (Å²) in [5, 5.41) is 12.2. The molecular weight excluding hydrogens is 286 g/mol. The van der Waals surface area contributed by atoms with Crippen LogP contribution in [0.4, 0.5) is 5.69 Å². The summed E-state index contributed by atoms with van der Waals surface area (Å²) < 4.78 is 10.9. The lowest BCUT2D eigenvalue weighted by Crippen LogP contribution is -2.41. The molecule has 0 radical (unpaired) electrons. The van der Waals surface area contributed by atoms with Crippen molar-refractivity contribution in [1.82, 2.24) is 0 Å². The van der Waals surface area contributed by atoms with Gasteiger partial charge in [0.1, 0.15) is 5.75 Å². The number of amides is 1. The molecule has 2 aliphatic rings. The number of methoxy groups -OCH3 is 1. The smallest absolute Gasteiger partial charge is 0.310 e. The van der Waals surface area contributed by atoms with Gasteiger partial charge in [0.15, 0.2) is 0 Å². The third kappa shape index (κ3) is 2.43. The molecule has 2 aliphatic heterocycles. The number of fused-ring (bicyclic) bond motifs is 2. The molecule has 2 saturated heterocycles. The maximum atomic E-state index is 12.6. The fraction of sp³-hybridized carbons (Fsp3) is 0.500. The van der Waals surface area contributed by atoms with Gasteiger partial charge in [-0.25, -0.2) is 0 Å². The number of hydrogen-bond donors (Lipinski definition) is 2. The SMILES string of the molecule is COc1ccc(C)cc1NC(=O)[C@@H]1[C@H](C(=O)O)[C@H]2CC[C@H]1O2. The van der Waals surface area contributed by atoms with E-state index < -0.39 is 17.8 Å². The van der Waals surface area contributed by atoms with Crippen molar-refractivity contribution in [2.24, 2.45) is 11.8 Å². The van der Waals surface area contributed by atoms with Crippen LogP contribution in [0.5, 0.6) is 5.75 Å². The first kappa shape index (κ1) is 14.8. The average Bonchev–Trinajstić information content (AvgIpc) is 3.08. The largest absolute Gasteiger partial charge is 0.495 e. The summed E-state index contributed by atoms with van der Waals surface area (Å²) in [4.78, 5) is 24.0. The number of ether oxygens (including phenoxy) is 2. The van der Waals surface area contributed by atoms with Gasteiger partial charge in [-0.3, -0.25) is 9.59 Å². The molecule has 1 amide bonds. The van der Waals surface area contributed by atoms with Crippen LogP contribution in [0.25, 0.3) is 0 Å². The number of anilines is 1. The lowest BCUT2D eigenvalue weighted by molar-refractivity contribution is -0.147. The average molecular weight is 305 g/mol. The van der Waals surface area contributed by atoms with Gasteiger partial charge in [0.05, 0.1) is 36.8 Å². The molecule has 22 heavy (non-hydrogen) atoms. The number of hydrogen-bond acceptors (Lipinski definition) is 4. The number of benzene rings is 1. The second-order valence-corrected chi connectivity index (χ2v) is 5.87. The predicted octanol–water partition coefficient (Wildman–Crippen LogP) is 1.82. The fourth-order valence-corrected chi connectivity index (χ4v) is 3.46. The van der Waals surface area contributed by atoms with Gasteiger partial charge in [0.25, 0.3) is 0 Å². The van der Waals surface area contributed by atoms with Gasteiger partial charge >= 0.3 is 5.97 Å². The summed E-state index contributed by atoms with van der Waals surface area (Å²) in [5.41, 5.74) is 1.54. The number of carbonyl (C=O) groups is 2. The van der Waals surface area contributed by atoms with Crippen molar-refractivity contribution < 1.29 is 24.2 Å². The van der Waals surface area contributed by atoms with Gasteiger partial charge in [-0.2, -0.15) is 0 Å². The Morgan fingerprint density at radius 2 is 1.95 bits per heavy atom. The van der Waals surface area contributed by atoms with Gasteiger partial charge in [-0.1, -0.05) is 6.07 Å². The molecule has 1 aromatic carbocycles. The lowest BCUT2D eigenvalue weighted by atomic mass is 9.78. The zero-order valence-corrected chi connectivity index (χ0v) is 12.5. The van der Waals surface area contributed by atoms with Crippen molar-refractivity contribution >= 4 is 17.6 Å². The Hall–Kier alpha value is -2.08. The van der Waals surface area contributed by atoms with Crippen molar-refractivity contribution in [3.8, 4) is 5.75 Å². The summed E-state index contributed by atoms with van der Waals surface area (Å²) in [5.74, 6) is -2.15.